The van der Waals surface area contributed by atoms with Crippen LogP contribution in [0.2, 0.25) is 0 Å². The van der Waals surface area contributed by atoms with Crippen LogP contribution in [0.1, 0.15) is 64.9 Å². The summed E-state index contributed by atoms with van der Waals surface area (Å²) in [4.78, 5) is 26.5. The first-order chi connectivity index (χ1) is 16.6. The van der Waals surface area contributed by atoms with E-state index in [-0.39, 0.29) is 18.4 Å². The molecule has 1 fully saturated rings. The van der Waals surface area contributed by atoms with Gasteiger partial charge in [0.2, 0.25) is 0 Å². The molecule has 2 amide bonds. The van der Waals surface area contributed by atoms with Gasteiger partial charge >= 0.3 is 12.0 Å². The molecule has 0 aliphatic carbocycles. The number of benzene rings is 2. The van der Waals surface area contributed by atoms with Crippen LogP contribution in [0, 0.1) is 0 Å². The highest BCUT2D eigenvalue weighted by Gasteiger charge is 2.37. The Labute approximate surface area is 207 Å². The van der Waals surface area contributed by atoms with Crippen molar-refractivity contribution >= 4 is 29.1 Å². The van der Waals surface area contributed by atoms with E-state index in [4.69, 9.17) is 4.74 Å². The number of hydrogen-bond acceptors (Lipinski definition) is 5. The Morgan fingerprint density at radius 2 is 1.86 bits per heavy atom. The summed E-state index contributed by atoms with van der Waals surface area (Å²) in [5.41, 5.74) is 1.97. The molecule has 4 N–H and O–H groups in total. The molecule has 35 heavy (non-hydrogen) atoms. The van der Waals surface area contributed by atoms with Crippen molar-refractivity contribution in [3.63, 3.8) is 0 Å². The topological polar surface area (TPSA) is 111 Å². The van der Waals surface area contributed by atoms with Gasteiger partial charge < -0.3 is 30.5 Å². The molecule has 8 heteroatoms. The third kappa shape index (κ3) is 6.88. The van der Waals surface area contributed by atoms with E-state index in [0.29, 0.717) is 24.4 Å². The molecule has 2 aromatic rings. The van der Waals surface area contributed by atoms with Gasteiger partial charge in [0, 0.05) is 12.2 Å². The van der Waals surface area contributed by atoms with Crippen LogP contribution < -0.4 is 20.3 Å². The summed E-state index contributed by atoms with van der Waals surface area (Å²) in [6, 6.07) is 12.4. The number of nitrogens with one attached hydrogen (secondary N) is 2. The van der Waals surface area contributed by atoms with Crippen LogP contribution in [-0.4, -0.2) is 47.0 Å². The lowest BCUT2D eigenvalue weighted by atomic mass is 9.92. The molecule has 8 nitrogen and oxygen atoms in total. The number of nitrogens with zero attached hydrogens (tertiary/aromatic N) is 1. The van der Waals surface area contributed by atoms with Crippen LogP contribution in [0.5, 0.6) is 5.75 Å². The van der Waals surface area contributed by atoms with Gasteiger partial charge in [-0.25, -0.2) is 4.79 Å². The second kappa shape index (κ2) is 11.4. The van der Waals surface area contributed by atoms with Gasteiger partial charge in [-0.1, -0.05) is 13.0 Å². The number of aliphatic carboxylic acids is 1. The fraction of sp³-hybridized carbons (Fsp3) is 0.481. The summed E-state index contributed by atoms with van der Waals surface area (Å²) in [5.74, 6) is -0.297. The normalized spacial score (nSPS) is 16.6. The first-order valence-electron chi connectivity index (χ1n) is 12.3. The lowest BCUT2D eigenvalue weighted by molar-refractivity contribution is -0.137. The van der Waals surface area contributed by atoms with Gasteiger partial charge in [-0.15, -0.1) is 0 Å². The van der Waals surface area contributed by atoms with E-state index in [1.54, 1.807) is 38.1 Å². The number of hydrogen-bond donors (Lipinski definition) is 4. The van der Waals surface area contributed by atoms with E-state index in [2.05, 4.69) is 15.5 Å². The molecular weight excluding hydrogens is 446 g/mol. The molecule has 0 aromatic heterocycles. The number of carbonyl (C=O) groups excluding carboxylic acids is 1. The zero-order valence-electron chi connectivity index (χ0n) is 21.0. The molecule has 1 unspecified atom stereocenters. The maximum absolute atomic E-state index is 13.0. The van der Waals surface area contributed by atoms with Crippen molar-refractivity contribution in [3.05, 3.63) is 48.0 Å². The number of ether oxygens (including phenoxy) is 1. The number of carboxylic acids is 1. The summed E-state index contributed by atoms with van der Waals surface area (Å²) < 4.78 is 5.45. The molecule has 1 saturated heterocycles. The summed E-state index contributed by atoms with van der Waals surface area (Å²) in [5, 5.41) is 25.9. The van der Waals surface area contributed by atoms with Crippen LogP contribution in [-0.2, 0) is 4.79 Å². The van der Waals surface area contributed by atoms with Gasteiger partial charge in [0.25, 0.3) is 0 Å². The van der Waals surface area contributed by atoms with Crippen molar-refractivity contribution in [2.45, 2.75) is 70.9 Å². The fourth-order valence-electron chi connectivity index (χ4n) is 4.74. The minimum atomic E-state index is -0.910. The van der Waals surface area contributed by atoms with Crippen molar-refractivity contribution in [3.8, 4) is 5.75 Å². The lowest BCUT2D eigenvalue weighted by Gasteiger charge is -2.36. The molecule has 0 bridgehead atoms. The van der Waals surface area contributed by atoms with Crippen molar-refractivity contribution in [2.24, 2.45) is 0 Å². The Bertz CT molecular complexity index is 1020. The first-order valence-corrected chi connectivity index (χ1v) is 12.3. The van der Waals surface area contributed by atoms with Crippen molar-refractivity contribution in [1.29, 1.82) is 0 Å². The molecule has 1 heterocycles. The van der Waals surface area contributed by atoms with Gasteiger partial charge in [-0.2, -0.15) is 0 Å². The van der Waals surface area contributed by atoms with Crippen LogP contribution in [0.15, 0.2) is 42.5 Å². The molecule has 1 aliphatic rings. The van der Waals surface area contributed by atoms with Gasteiger partial charge in [0.1, 0.15) is 5.75 Å². The highest BCUT2D eigenvalue weighted by Crippen LogP contribution is 2.38. The number of carboxylic acid groups (broad SMARTS) is 1. The predicted octanol–water partition coefficient (Wildman–Crippen LogP) is 5.44. The molecular formula is C27H37N3O5. The SMILES string of the molecule is CCOc1ccc(NC(=O)Nc2cc(C(CC)CC(=O)O)ccc2N2CCC[C@@H]2C(C)(C)O)cc1. The maximum Gasteiger partial charge on any atom is 0.323 e. The molecule has 1 aliphatic heterocycles. The summed E-state index contributed by atoms with van der Waals surface area (Å²) in [6.07, 6.45) is 2.47. The van der Waals surface area contributed by atoms with Gasteiger partial charge in [-0.05, 0) is 87.9 Å². The van der Waals surface area contributed by atoms with Gasteiger partial charge in [0.05, 0.1) is 36.0 Å². The summed E-state index contributed by atoms with van der Waals surface area (Å²) in [7, 11) is 0. The van der Waals surface area contributed by atoms with Crippen LogP contribution in [0.3, 0.4) is 0 Å². The molecule has 2 atom stereocenters. The van der Waals surface area contributed by atoms with E-state index in [1.165, 1.54) is 0 Å². The smallest absolute Gasteiger partial charge is 0.323 e. The van der Waals surface area contributed by atoms with Gasteiger partial charge in [-0.3, -0.25) is 4.79 Å². The maximum atomic E-state index is 13.0. The second-order valence-corrected chi connectivity index (χ2v) is 9.52. The number of rotatable bonds is 10. The van der Waals surface area contributed by atoms with Crippen LogP contribution in [0.4, 0.5) is 21.9 Å². The minimum absolute atomic E-state index is 0.0175. The predicted molar refractivity (Wildman–Crippen MR) is 139 cm³/mol. The van der Waals surface area contributed by atoms with E-state index < -0.39 is 17.6 Å². The largest absolute Gasteiger partial charge is 0.494 e. The number of aliphatic hydroxyl groups is 1. The van der Waals surface area contributed by atoms with Gasteiger partial charge in [0.15, 0.2) is 0 Å². The highest BCUT2D eigenvalue weighted by molar-refractivity contribution is 6.02. The van der Waals surface area contributed by atoms with Crippen molar-refractivity contribution in [1.82, 2.24) is 0 Å². The van der Waals surface area contributed by atoms with E-state index in [9.17, 15) is 19.8 Å². The molecule has 3 rings (SSSR count). The number of amides is 2. The Balaban J connectivity index is 1.89. The zero-order valence-corrected chi connectivity index (χ0v) is 21.0. The average molecular weight is 484 g/mol. The second-order valence-electron chi connectivity index (χ2n) is 9.52. The Morgan fingerprint density at radius 1 is 1.14 bits per heavy atom. The molecule has 0 saturated carbocycles. The average Bonchev–Trinajstić information content (AvgIpc) is 3.29. The summed E-state index contributed by atoms with van der Waals surface area (Å²) in [6.45, 7) is 8.79. The van der Waals surface area contributed by atoms with E-state index >= 15 is 0 Å². The molecule has 190 valence electrons. The first kappa shape index (κ1) is 26.3. The van der Waals surface area contributed by atoms with E-state index in [1.807, 2.05) is 32.0 Å². The number of urea groups is 1. The molecule has 2 aromatic carbocycles. The number of anilines is 3. The monoisotopic (exact) mass is 483 g/mol. The van der Waals surface area contributed by atoms with E-state index in [0.717, 1.165) is 36.4 Å². The lowest BCUT2D eigenvalue weighted by Crippen LogP contribution is -2.46. The van der Waals surface area contributed by atoms with Crippen molar-refractivity contribution < 1.29 is 24.5 Å². The minimum Gasteiger partial charge on any atom is -0.494 e. The Kier molecular flexibility index (Phi) is 8.62. The Morgan fingerprint density at radius 3 is 2.46 bits per heavy atom. The third-order valence-corrected chi connectivity index (χ3v) is 6.45. The fourth-order valence-corrected chi connectivity index (χ4v) is 4.74. The van der Waals surface area contributed by atoms with Crippen LogP contribution in [0.25, 0.3) is 0 Å². The quantitative estimate of drug-likeness (QED) is 0.358. The Hall–Kier alpha value is -3.26. The highest BCUT2D eigenvalue weighted by atomic mass is 16.5. The zero-order chi connectivity index (χ0) is 25.6. The molecule has 0 radical (unpaired) electrons. The molecule has 0 spiro atoms. The van der Waals surface area contributed by atoms with Crippen LogP contribution >= 0.6 is 0 Å². The number of carbonyl (C=O) groups is 2. The summed E-state index contributed by atoms with van der Waals surface area (Å²) >= 11 is 0. The standard InChI is InChI=1S/C27H37N3O5/c1-5-18(17-25(31)32)19-9-14-23(30-15-7-8-24(30)27(3,4)34)22(16-19)29-26(33)28-20-10-12-21(13-11-20)35-6-2/h9-14,16,18,24,34H,5-8,15,17H2,1-4H3,(H,31,32)(H2,28,29,33)/t18?,24-/m1/s1. The van der Waals surface area contributed by atoms with Crippen molar-refractivity contribution in [2.75, 3.05) is 28.7 Å². The third-order valence-electron chi connectivity index (χ3n) is 6.45.